The molecule has 2 nitrogen and oxygen atoms in total. The summed E-state index contributed by atoms with van der Waals surface area (Å²) in [5.74, 6) is -0.450. The van der Waals surface area contributed by atoms with Gasteiger partial charge >= 0.3 is 0 Å². The summed E-state index contributed by atoms with van der Waals surface area (Å²) in [5, 5.41) is 2.96. The van der Waals surface area contributed by atoms with E-state index in [1.807, 2.05) is 6.07 Å². The van der Waals surface area contributed by atoms with Gasteiger partial charge in [-0.1, -0.05) is 11.6 Å². The molecule has 0 saturated carbocycles. The number of hydrogen-bond acceptors (Lipinski definition) is 3. The van der Waals surface area contributed by atoms with Crippen molar-refractivity contribution in [3.63, 3.8) is 0 Å². The summed E-state index contributed by atoms with van der Waals surface area (Å²) in [6.07, 6.45) is 1.53. The summed E-state index contributed by atoms with van der Waals surface area (Å²) >= 11 is 7.30. The van der Waals surface area contributed by atoms with Crippen LogP contribution in [0.1, 0.15) is 16.7 Å². The Balaban J connectivity index is 1.98. The molecule has 2 aromatic heterocycles. The molecule has 21 heavy (non-hydrogen) atoms. The number of rotatable bonds is 4. The topological polar surface area (TPSA) is 25.2 Å². The summed E-state index contributed by atoms with van der Waals surface area (Å²) in [4.78, 5) is 0.846. The summed E-state index contributed by atoms with van der Waals surface area (Å²) in [5.41, 5.74) is 0.0703. The van der Waals surface area contributed by atoms with E-state index in [0.717, 1.165) is 23.1 Å². The van der Waals surface area contributed by atoms with Gasteiger partial charge in [0.2, 0.25) is 0 Å². The van der Waals surface area contributed by atoms with Gasteiger partial charge in [-0.25, -0.2) is 8.78 Å². The van der Waals surface area contributed by atoms with Crippen molar-refractivity contribution < 1.29 is 13.2 Å². The van der Waals surface area contributed by atoms with Gasteiger partial charge in [-0.15, -0.1) is 11.3 Å². The molecule has 0 spiro atoms. The second-order valence-corrected chi connectivity index (χ2v) is 6.11. The first-order chi connectivity index (χ1) is 10.1. The van der Waals surface area contributed by atoms with E-state index in [9.17, 15) is 8.78 Å². The normalized spacial score (nSPS) is 12.3. The number of furan rings is 1. The van der Waals surface area contributed by atoms with Gasteiger partial charge in [-0.2, -0.15) is 0 Å². The third kappa shape index (κ3) is 3.09. The minimum atomic E-state index is -0.532. The van der Waals surface area contributed by atoms with Crippen molar-refractivity contribution in [1.82, 2.24) is 0 Å². The first kappa shape index (κ1) is 14.1. The maximum absolute atomic E-state index is 13.8. The van der Waals surface area contributed by atoms with Crippen LogP contribution in [0.4, 0.5) is 14.5 Å². The molecule has 0 aliphatic heterocycles. The number of benzene rings is 1. The Morgan fingerprint density at radius 1 is 1.14 bits per heavy atom. The van der Waals surface area contributed by atoms with Gasteiger partial charge in [0.15, 0.2) is 0 Å². The largest absolute Gasteiger partial charge is 0.467 e. The van der Waals surface area contributed by atoms with Crippen LogP contribution in [0, 0.1) is 11.6 Å². The van der Waals surface area contributed by atoms with E-state index in [0.29, 0.717) is 10.1 Å². The molecule has 0 aliphatic rings. The van der Waals surface area contributed by atoms with Crippen LogP contribution < -0.4 is 5.32 Å². The molecule has 1 N–H and O–H groups in total. The molecular weight excluding hydrogens is 316 g/mol. The van der Waals surface area contributed by atoms with E-state index in [1.54, 1.807) is 18.2 Å². The smallest absolute Gasteiger partial charge is 0.146 e. The van der Waals surface area contributed by atoms with E-state index < -0.39 is 17.7 Å². The maximum Gasteiger partial charge on any atom is 0.146 e. The SMILES string of the molecule is Fc1ccc(F)c(NC(c2ccco2)c2ccc(Cl)s2)c1. The van der Waals surface area contributed by atoms with E-state index in [-0.39, 0.29) is 5.69 Å². The average Bonchev–Trinajstić information content (AvgIpc) is 3.11. The fourth-order valence-corrected chi connectivity index (χ4v) is 3.11. The van der Waals surface area contributed by atoms with Crippen LogP contribution in [0.15, 0.2) is 53.1 Å². The van der Waals surface area contributed by atoms with Gasteiger partial charge in [0.25, 0.3) is 0 Å². The van der Waals surface area contributed by atoms with Gasteiger partial charge in [-0.3, -0.25) is 0 Å². The maximum atomic E-state index is 13.8. The Labute approximate surface area is 129 Å². The highest BCUT2D eigenvalue weighted by Gasteiger charge is 2.20. The number of thiophene rings is 1. The molecule has 1 aromatic carbocycles. The average molecular weight is 326 g/mol. The van der Waals surface area contributed by atoms with Gasteiger partial charge in [0.05, 0.1) is 16.3 Å². The minimum absolute atomic E-state index is 0.0703. The molecule has 1 atom stereocenters. The quantitative estimate of drug-likeness (QED) is 0.687. The van der Waals surface area contributed by atoms with Crippen molar-refractivity contribution in [2.24, 2.45) is 0 Å². The number of halogens is 3. The molecule has 3 rings (SSSR count). The highest BCUT2D eigenvalue weighted by atomic mass is 35.5. The predicted octanol–water partition coefficient (Wildman–Crippen LogP) is 5.47. The van der Waals surface area contributed by atoms with Gasteiger partial charge < -0.3 is 9.73 Å². The lowest BCUT2D eigenvalue weighted by atomic mass is 10.1. The second kappa shape index (κ2) is 5.87. The molecule has 0 aliphatic carbocycles. The first-order valence-corrected chi connectivity index (χ1v) is 7.33. The summed E-state index contributed by atoms with van der Waals surface area (Å²) in [7, 11) is 0. The van der Waals surface area contributed by atoms with Crippen LogP contribution in [0.5, 0.6) is 0 Å². The van der Waals surface area contributed by atoms with E-state index in [4.69, 9.17) is 16.0 Å². The molecule has 3 aromatic rings. The second-order valence-electron chi connectivity index (χ2n) is 4.36. The van der Waals surface area contributed by atoms with Gasteiger partial charge in [0.1, 0.15) is 23.4 Å². The molecule has 6 heteroatoms. The lowest BCUT2D eigenvalue weighted by Gasteiger charge is -2.17. The van der Waals surface area contributed by atoms with Crippen LogP contribution in [-0.4, -0.2) is 0 Å². The van der Waals surface area contributed by atoms with Crippen LogP contribution in [-0.2, 0) is 0 Å². The third-order valence-electron chi connectivity index (χ3n) is 2.93. The molecule has 0 radical (unpaired) electrons. The fraction of sp³-hybridized carbons (Fsp3) is 0.0667. The Kier molecular flexibility index (Phi) is 3.94. The van der Waals surface area contributed by atoms with Crippen LogP contribution in [0.3, 0.4) is 0 Å². The summed E-state index contributed by atoms with van der Waals surface area (Å²) in [6.45, 7) is 0. The molecular formula is C15H10ClF2NOS. The molecule has 0 amide bonds. The molecule has 108 valence electrons. The van der Waals surface area contributed by atoms with Crippen LogP contribution in [0.2, 0.25) is 4.34 Å². The number of nitrogens with one attached hydrogen (secondary N) is 1. The van der Waals surface area contributed by atoms with Crippen molar-refractivity contribution in [2.45, 2.75) is 6.04 Å². The van der Waals surface area contributed by atoms with Crippen LogP contribution >= 0.6 is 22.9 Å². The van der Waals surface area contributed by atoms with Crippen molar-refractivity contribution in [3.05, 3.63) is 75.3 Å². The van der Waals surface area contributed by atoms with Crippen molar-refractivity contribution in [2.75, 3.05) is 5.32 Å². The minimum Gasteiger partial charge on any atom is -0.467 e. The predicted molar refractivity (Wildman–Crippen MR) is 79.9 cm³/mol. The zero-order chi connectivity index (χ0) is 14.8. The first-order valence-electron chi connectivity index (χ1n) is 6.14. The zero-order valence-electron chi connectivity index (χ0n) is 10.6. The van der Waals surface area contributed by atoms with E-state index in [2.05, 4.69) is 5.32 Å². The Morgan fingerprint density at radius 2 is 2.00 bits per heavy atom. The van der Waals surface area contributed by atoms with Crippen LogP contribution in [0.25, 0.3) is 0 Å². The van der Waals surface area contributed by atoms with Crippen molar-refractivity contribution in [3.8, 4) is 0 Å². The number of hydrogen-bond donors (Lipinski definition) is 1. The third-order valence-corrected chi connectivity index (χ3v) is 4.23. The molecule has 0 saturated heterocycles. The van der Waals surface area contributed by atoms with E-state index >= 15 is 0 Å². The lowest BCUT2D eigenvalue weighted by molar-refractivity contribution is 0.499. The monoisotopic (exact) mass is 325 g/mol. The Bertz CT molecular complexity index is 742. The zero-order valence-corrected chi connectivity index (χ0v) is 12.2. The summed E-state index contributed by atoms with van der Waals surface area (Å²) in [6, 6.07) is 9.91. The highest BCUT2D eigenvalue weighted by Crippen LogP contribution is 2.34. The van der Waals surface area contributed by atoms with E-state index in [1.165, 1.54) is 17.6 Å². The van der Waals surface area contributed by atoms with Crippen molar-refractivity contribution in [1.29, 1.82) is 0 Å². The molecule has 0 bridgehead atoms. The van der Waals surface area contributed by atoms with Gasteiger partial charge in [0, 0.05) is 4.88 Å². The molecule has 2 heterocycles. The van der Waals surface area contributed by atoms with Crippen molar-refractivity contribution >= 4 is 28.6 Å². The molecule has 0 fully saturated rings. The lowest BCUT2D eigenvalue weighted by Crippen LogP contribution is -2.11. The number of anilines is 1. The molecule has 1 unspecified atom stereocenters. The fourth-order valence-electron chi connectivity index (χ4n) is 1.99. The highest BCUT2D eigenvalue weighted by molar-refractivity contribution is 7.16. The Hall–Kier alpha value is -1.85. The van der Waals surface area contributed by atoms with Gasteiger partial charge in [-0.05, 0) is 42.5 Å². The Morgan fingerprint density at radius 3 is 2.67 bits per heavy atom. The standard InChI is InChI=1S/C15H10ClF2NOS/c16-14-6-5-13(21-14)15(12-2-1-7-20-12)19-11-8-9(17)3-4-10(11)18/h1-8,15,19H. The summed E-state index contributed by atoms with van der Waals surface area (Å²) < 4.78 is 33.1.